The molecular weight excluding hydrogens is 313 g/mol. The van der Waals surface area contributed by atoms with Crippen LogP contribution in [0.25, 0.3) is 22.3 Å². The molecule has 0 saturated heterocycles. The van der Waals surface area contributed by atoms with Crippen LogP contribution >= 0.6 is 0 Å². The minimum Gasteiger partial charge on any atom is -0.489 e. The van der Waals surface area contributed by atoms with Gasteiger partial charge in [-0.3, -0.25) is 0 Å². The fourth-order valence-corrected chi connectivity index (χ4v) is 3.42. The molecule has 0 saturated carbocycles. The Hall–Kier alpha value is -2.65. The molecule has 126 valence electrons. The van der Waals surface area contributed by atoms with Gasteiger partial charge in [0.2, 0.25) is 0 Å². The summed E-state index contributed by atoms with van der Waals surface area (Å²) in [6.07, 6.45) is 1.81. The molecule has 1 atom stereocenters. The number of hydrogen-bond acceptors (Lipinski definition) is 2. The Kier molecular flexibility index (Phi) is 4.24. The van der Waals surface area contributed by atoms with Gasteiger partial charge >= 0.3 is 0 Å². The van der Waals surface area contributed by atoms with Gasteiger partial charge in [0.05, 0.1) is 0 Å². The second kappa shape index (κ2) is 6.69. The van der Waals surface area contributed by atoms with Crippen LogP contribution in [-0.2, 0) is 6.42 Å². The Balaban J connectivity index is 1.84. The lowest BCUT2D eigenvalue weighted by atomic mass is 9.94. The van der Waals surface area contributed by atoms with Gasteiger partial charge in [-0.25, -0.2) is 4.39 Å². The van der Waals surface area contributed by atoms with E-state index in [1.54, 1.807) is 12.1 Å². The Morgan fingerprint density at radius 3 is 2.40 bits per heavy atom. The molecule has 1 aliphatic rings. The van der Waals surface area contributed by atoms with Gasteiger partial charge in [-0.05, 0) is 59.5 Å². The molecule has 0 aliphatic carbocycles. The van der Waals surface area contributed by atoms with E-state index < -0.39 is 0 Å². The summed E-state index contributed by atoms with van der Waals surface area (Å²) in [7, 11) is 0. The van der Waals surface area contributed by atoms with Crippen LogP contribution in [0.1, 0.15) is 12.0 Å². The van der Waals surface area contributed by atoms with Crippen LogP contribution in [0.4, 0.5) is 4.39 Å². The molecule has 4 rings (SSSR count). The highest BCUT2D eigenvalue weighted by atomic mass is 19.1. The molecule has 0 fully saturated rings. The van der Waals surface area contributed by atoms with Crippen molar-refractivity contribution in [2.75, 3.05) is 6.54 Å². The summed E-state index contributed by atoms with van der Waals surface area (Å²) in [5.74, 6) is 0.672. The van der Waals surface area contributed by atoms with Crippen molar-refractivity contribution < 1.29 is 9.13 Å². The van der Waals surface area contributed by atoms with Crippen molar-refractivity contribution in [3.05, 3.63) is 78.1 Å². The highest BCUT2D eigenvalue weighted by molar-refractivity contribution is 5.80. The summed E-state index contributed by atoms with van der Waals surface area (Å²) in [5, 5.41) is 0. The number of rotatable bonds is 4. The fraction of sp³-hybridized carbons (Fsp3) is 0.182. The summed E-state index contributed by atoms with van der Waals surface area (Å²) >= 11 is 0. The maximum absolute atomic E-state index is 13.3. The molecule has 1 unspecified atom stereocenters. The molecule has 0 spiro atoms. The van der Waals surface area contributed by atoms with E-state index in [0.717, 1.165) is 40.8 Å². The molecule has 2 N–H and O–H groups in total. The molecule has 0 bridgehead atoms. The van der Waals surface area contributed by atoms with Crippen molar-refractivity contribution in [1.29, 1.82) is 0 Å². The lowest BCUT2D eigenvalue weighted by Crippen LogP contribution is -2.17. The largest absolute Gasteiger partial charge is 0.489 e. The molecule has 0 radical (unpaired) electrons. The van der Waals surface area contributed by atoms with Crippen molar-refractivity contribution in [2.45, 2.75) is 18.9 Å². The van der Waals surface area contributed by atoms with E-state index in [0.29, 0.717) is 6.54 Å². The van der Waals surface area contributed by atoms with E-state index in [4.69, 9.17) is 10.5 Å². The first-order valence-electron chi connectivity index (χ1n) is 8.59. The second-order valence-corrected chi connectivity index (χ2v) is 6.41. The molecule has 0 amide bonds. The zero-order chi connectivity index (χ0) is 17.2. The third-order valence-electron chi connectivity index (χ3n) is 4.65. The SMILES string of the molecule is NCCC1Cc2cc(-c3ccccc3)cc(-c3ccc(F)cc3)c2O1. The normalized spacial score (nSPS) is 15.7. The molecule has 2 nitrogen and oxygen atoms in total. The van der Waals surface area contributed by atoms with Crippen molar-refractivity contribution in [3.63, 3.8) is 0 Å². The average Bonchev–Trinajstić information content (AvgIpc) is 3.05. The number of nitrogens with two attached hydrogens (primary N) is 1. The lowest BCUT2D eigenvalue weighted by Gasteiger charge is -2.13. The van der Waals surface area contributed by atoms with Gasteiger partial charge in [0.1, 0.15) is 17.7 Å². The van der Waals surface area contributed by atoms with Gasteiger partial charge in [-0.15, -0.1) is 0 Å². The molecule has 3 aromatic rings. The summed E-state index contributed by atoms with van der Waals surface area (Å²) in [5.41, 5.74) is 11.2. The number of halogens is 1. The van der Waals surface area contributed by atoms with Gasteiger partial charge in [-0.1, -0.05) is 42.5 Å². The van der Waals surface area contributed by atoms with E-state index in [9.17, 15) is 4.39 Å². The minimum atomic E-state index is -0.235. The zero-order valence-corrected chi connectivity index (χ0v) is 13.9. The van der Waals surface area contributed by atoms with E-state index in [1.165, 1.54) is 17.7 Å². The van der Waals surface area contributed by atoms with Crippen molar-refractivity contribution in [2.24, 2.45) is 5.73 Å². The molecule has 1 aliphatic heterocycles. The van der Waals surface area contributed by atoms with Crippen LogP contribution in [-0.4, -0.2) is 12.6 Å². The molecular formula is C22H20FNO. The van der Waals surface area contributed by atoms with E-state index >= 15 is 0 Å². The minimum absolute atomic E-state index is 0.116. The van der Waals surface area contributed by atoms with Gasteiger partial charge in [0, 0.05) is 12.0 Å². The van der Waals surface area contributed by atoms with Gasteiger partial charge < -0.3 is 10.5 Å². The van der Waals surface area contributed by atoms with E-state index in [1.807, 2.05) is 18.2 Å². The van der Waals surface area contributed by atoms with Crippen LogP contribution in [0.5, 0.6) is 5.75 Å². The second-order valence-electron chi connectivity index (χ2n) is 6.41. The monoisotopic (exact) mass is 333 g/mol. The Bertz CT molecular complexity index is 875. The summed E-state index contributed by atoms with van der Waals surface area (Å²) in [4.78, 5) is 0. The summed E-state index contributed by atoms with van der Waals surface area (Å²) < 4.78 is 19.5. The predicted octanol–water partition coefficient (Wildman–Crippen LogP) is 4.81. The summed E-state index contributed by atoms with van der Waals surface area (Å²) in [6, 6.07) is 21.2. The van der Waals surface area contributed by atoms with Crippen LogP contribution < -0.4 is 10.5 Å². The smallest absolute Gasteiger partial charge is 0.130 e. The maximum Gasteiger partial charge on any atom is 0.130 e. The Labute approximate surface area is 147 Å². The molecule has 3 aromatic carbocycles. The van der Waals surface area contributed by atoms with Crippen molar-refractivity contribution >= 4 is 0 Å². The number of ether oxygens (including phenoxy) is 1. The lowest BCUT2D eigenvalue weighted by molar-refractivity contribution is 0.225. The van der Waals surface area contributed by atoms with Crippen LogP contribution in [0, 0.1) is 5.82 Å². The standard InChI is InChI=1S/C22H20FNO/c23-19-8-6-16(7-9-19)21-14-17(15-4-2-1-3-5-15)12-18-13-20(10-11-24)25-22(18)21/h1-9,12,14,20H,10-11,13,24H2. The number of benzene rings is 3. The predicted molar refractivity (Wildman–Crippen MR) is 99.1 cm³/mol. The van der Waals surface area contributed by atoms with Gasteiger partial charge in [-0.2, -0.15) is 0 Å². The first-order valence-corrected chi connectivity index (χ1v) is 8.59. The Morgan fingerprint density at radius 2 is 1.68 bits per heavy atom. The zero-order valence-electron chi connectivity index (χ0n) is 13.9. The van der Waals surface area contributed by atoms with Crippen LogP contribution in [0.2, 0.25) is 0 Å². The molecule has 1 heterocycles. The van der Waals surface area contributed by atoms with E-state index in [-0.39, 0.29) is 11.9 Å². The van der Waals surface area contributed by atoms with Gasteiger partial charge in [0.15, 0.2) is 0 Å². The highest BCUT2D eigenvalue weighted by Crippen LogP contribution is 2.42. The van der Waals surface area contributed by atoms with Crippen LogP contribution in [0.3, 0.4) is 0 Å². The summed E-state index contributed by atoms with van der Waals surface area (Å²) in [6.45, 7) is 0.607. The fourth-order valence-electron chi connectivity index (χ4n) is 3.42. The third-order valence-corrected chi connectivity index (χ3v) is 4.65. The first-order chi connectivity index (χ1) is 12.2. The molecule has 25 heavy (non-hydrogen) atoms. The van der Waals surface area contributed by atoms with Crippen molar-refractivity contribution in [1.82, 2.24) is 0 Å². The molecule has 3 heteroatoms. The quantitative estimate of drug-likeness (QED) is 0.743. The van der Waals surface area contributed by atoms with Crippen LogP contribution in [0.15, 0.2) is 66.7 Å². The number of fused-ring (bicyclic) bond motifs is 1. The highest BCUT2D eigenvalue weighted by Gasteiger charge is 2.26. The third kappa shape index (κ3) is 3.15. The Morgan fingerprint density at radius 1 is 0.920 bits per heavy atom. The van der Waals surface area contributed by atoms with E-state index in [2.05, 4.69) is 24.3 Å². The van der Waals surface area contributed by atoms with Crippen molar-refractivity contribution in [3.8, 4) is 28.0 Å². The first kappa shape index (κ1) is 15.9. The average molecular weight is 333 g/mol. The maximum atomic E-state index is 13.3. The van der Waals surface area contributed by atoms with Gasteiger partial charge in [0.25, 0.3) is 0 Å². The molecule has 0 aromatic heterocycles. The number of hydrogen-bond donors (Lipinski definition) is 1. The topological polar surface area (TPSA) is 35.2 Å².